The number of hydrogen-bond acceptors (Lipinski definition) is 3. The van der Waals surface area contributed by atoms with Crippen molar-refractivity contribution in [2.24, 2.45) is 0 Å². The van der Waals surface area contributed by atoms with Gasteiger partial charge in [-0.1, -0.05) is 17.7 Å². The summed E-state index contributed by atoms with van der Waals surface area (Å²) < 4.78 is 40.0. The van der Waals surface area contributed by atoms with Crippen LogP contribution in [0, 0.1) is 0 Å². The maximum absolute atomic E-state index is 13.4. The minimum Gasteiger partial charge on any atom is -0.314 e. The van der Waals surface area contributed by atoms with Gasteiger partial charge in [0.05, 0.1) is 17.4 Å². The van der Waals surface area contributed by atoms with E-state index in [2.05, 4.69) is 10.4 Å². The summed E-state index contributed by atoms with van der Waals surface area (Å²) in [4.78, 5) is 27.6. The Kier molecular flexibility index (Phi) is 4.01. The molecule has 1 N–H and O–H groups in total. The molecule has 2 aliphatic rings. The zero-order chi connectivity index (χ0) is 22.1. The number of nitrogens with zero attached hydrogens (tertiary/aromatic N) is 3. The summed E-state index contributed by atoms with van der Waals surface area (Å²) >= 11 is 6.48. The first kappa shape index (κ1) is 19.6. The molecule has 10 heteroatoms. The van der Waals surface area contributed by atoms with Crippen LogP contribution in [0.4, 0.5) is 24.7 Å². The van der Waals surface area contributed by atoms with Crippen LogP contribution in [0.1, 0.15) is 23.1 Å². The summed E-state index contributed by atoms with van der Waals surface area (Å²) in [6.07, 6.45) is -3.17. The molecule has 1 atom stereocenters. The van der Waals surface area contributed by atoms with E-state index in [1.807, 2.05) is 0 Å². The molecule has 0 aliphatic carbocycles. The Morgan fingerprint density at radius 1 is 1.13 bits per heavy atom. The van der Waals surface area contributed by atoms with Crippen molar-refractivity contribution in [1.82, 2.24) is 9.78 Å². The second-order valence-corrected chi connectivity index (χ2v) is 7.90. The van der Waals surface area contributed by atoms with E-state index in [0.29, 0.717) is 27.5 Å². The predicted molar refractivity (Wildman–Crippen MR) is 107 cm³/mol. The van der Waals surface area contributed by atoms with E-state index >= 15 is 0 Å². The maximum atomic E-state index is 13.4. The maximum Gasteiger partial charge on any atom is 0.416 e. The van der Waals surface area contributed by atoms with Gasteiger partial charge >= 0.3 is 6.18 Å². The van der Waals surface area contributed by atoms with E-state index in [9.17, 15) is 22.8 Å². The normalized spacial score (nSPS) is 20.1. The van der Waals surface area contributed by atoms with Gasteiger partial charge in [-0.25, -0.2) is 4.68 Å². The number of rotatable bonds is 1. The molecule has 0 fully saturated rings. The van der Waals surface area contributed by atoms with Crippen LogP contribution in [0.3, 0.4) is 0 Å². The quantitative estimate of drug-likeness (QED) is 0.610. The Labute approximate surface area is 179 Å². The summed E-state index contributed by atoms with van der Waals surface area (Å²) in [5.41, 5.74) is -0.288. The first-order chi connectivity index (χ1) is 14.6. The van der Waals surface area contributed by atoms with Crippen LogP contribution in [0.2, 0.25) is 5.02 Å². The zero-order valence-electron chi connectivity index (χ0n) is 16.0. The lowest BCUT2D eigenvalue weighted by Gasteiger charge is -2.32. The topological polar surface area (TPSA) is 67.2 Å². The lowest BCUT2D eigenvalue weighted by atomic mass is 9.71. The van der Waals surface area contributed by atoms with Crippen molar-refractivity contribution in [3.05, 3.63) is 70.4 Å². The van der Waals surface area contributed by atoms with Gasteiger partial charge in [0.2, 0.25) is 11.8 Å². The number of aromatic nitrogens is 2. The van der Waals surface area contributed by atoms with E-state index in [1.54, 1.807) is 25.2 Å². The van der Waals surface area contributed by atoms with Gasteiger partial charge < -0.3 is 10.2 Å². The molecule has 0 bridgehead atoms. The SMILES string of the molecule is CN1C(=O)[C@]2(CC(=O)Nc3c2cnn3-c2ccc(C(F)(F)F)cc2)c2c(Cl)cccc21. The Morgan fingerprint density at radius 3 is 2.52 bits per heavy atom. The van der Waals surface area contributed by atoms with Crippen LogP contribution in [0.5, 0.6) is 0 Å². The lowest BCUT2D eigenvalue weighted by Crippen LogP contribution is -2.45. The summed E-state index contributed by atoms with van der Waals surface area (Å²) in [6.45, 7) is 0. The fourth-order valence-corrected chi connectivity index (χ4v) is 4.74. The van der Waals surface area contributed by atoms with Crippen molar-refractivity contribution in [3.63, 3.8) is 0 Å². The van der Waals surface area contributed by atoms with Crippen LogP contribution in [0.25, 0.3) is 5.69 Å². The van der Waals surface area contributed by atoms with Gasteiger partial charge in [0, 0.05) is 35.3 Å². The second kappa shape index (κ2) is 6.34. The number of benzene rings is 2. The summed E-state index contributed by atoms with van der Waals surface area (Å²) in [6, 6.07) is 9.51. The number of carbonyl (C=O) groups excluding carboxylic acids is 2. The van der Waals surface area contributed by atoms with Crippen molar-refractivity contribution in [2.45, 2.75) is 18.0 Å². The molecule has 2 amide bonds. The van der Waals surface area contributed by atoms with Crippen molar-refractivity contribution in [3.8, 4) is 5.69 Å². The molecule has 3 aromatic rings. The van der Waals surface area contributed by atoms with Gasteiger partial charge in [0.25, 0.3) is 0 Å². The number of alkyl halides is 3. The highest BCUT2D eigenvalue weighted by Crippen LogP contribution is 2.54. The highest BCUT2D eigenvalue weighted by molar-refractivity contribution is 6.33. The van der Waals surface area contributed by atoms with Crippen LogP contribution >= 0.6 is 11.6 Å². The largest absolute Gasteiger partial charge is 0.416 e. The van der Waals surface area contributed by atoms with Gasteiger partial charge in [-0.3, -0.25) is 9.59 Å². The molecule has 3 heterocycles. The third-order valence-corrected chi connectivity index (χ3v) is 6.12. The van der Waals surface area contributed by atoms with Crippen molar-refractivity contribution < 1.29 is 22.8 Å². The van der Waals surface area contributed by atoms with E-state index in [4.69, 9.17) is 11.6 Å². The second-order valence-electron chi connectivity index (χ2n) is 7.49. The molecule has 5 rings (SSSR count). The summed E-state index contributed by atoms with van der Waals surface area (Å²) in [5.74, 6) is -0.514. The van der Waals surface area contributed by atoms with Gasteiger partial charge in [-0.05, 0) is 36.4 Å². The van der Waals surface area contributed by atoms with E-state index in [0.717, 1.165) is 12.1 Å². The number of fused-ring (bicyclic) bond motifs is 4. The fourth-order valence-electron chi connectivity index (χ4n) is 4.41. The molecule has 31 heavy (non-hydrogen) atoms. The minimum atomic E-state index is -4.47. The van der Waals surface area contributed by atoms with Gasteiger partial charge in [0.15, 0.2) is 0 Å². The van der Waals surface area contributed by atoms with Gasteiger partial charge in [0.1, 0.15) is 11.2 Å². The molecular formula is C21H14ClF3N4O2. The molecule has 2 aliphatic heterocycles. The molecular weight excluding hydrogens is 433 g/mol. The molecule has 158 valence electrons. The first-order valence-electron chi connectivity index (χ1n) is 9.28. The van der Waals surface area contributed by atoms with E-state index < -0.39 is 23.1 Å². The van der Waals surface area contributed by atoms with Crippen molar-refractivity contribution in [2.75, 3.05) is 17.3 Å². The minimum absolute atomic E-state index is 0.154. The van der Waals surface area contributed by atoms with Gasteiger partial charge in [-0.15, -0.1) is 0 Å². The molecule has 6 nitrogen and oxygen atoms in total. The average molecular weight is 447 g/mol. The molecule has 1 spiro atoms. The van der Waals surface area contributed by atoms with Crippen LogP contribution in [0.15, 0.2) is 48.7 Å². The Morgan fingerprint density at radius 2 is 1.84 bits per heavy atom. The first-order valence-corrected chi connectivity index (χ1v) is 9.65. The van der Waals surface area contributed by atoms with Crippen LogP contribution in [-0.2, 0) is 21.2 Å². The molecule has 2 aromatic carbocycles. The number of amides is 2. The van der Waals surface area contributed by atoms with Gasteiger partial charge in [-0.2, -0.15) is 18.3 Å². The number of hydrogen-bond donors (Lipinski definition) is 1. The molecule has 0 saturated heterocycles. The average Bonchev–Trinajstić information content (AvgIpc) is 3.23. The third kappa shape index (κ3) is 2.62. The fraction of sp³-hybridized carbons (Fsp3) is 0.190. The van der Waals surface area contributed by atoms with Crippen LogP contribution < -0.4 is 10.2 Å². The summed E-state index contributed by atoms with van der Waals surface area (Å²) in [7, 11) is 1.61. The number of anilines is 2. The summed E-state index contributed by atoms with van der Waals surface area (Å²) in [5, 5.41) is 7.34. The van der Waals surface area contributed by atoms with E-state index in [1.165, 1.54) is 27.9 Å². The number of carbonyl (C=O) groups is 2. The highest BCUT2D eigenvalue weighted by atomic mass is 35.5. The number of likely N-dealkylation sites (N-methyl/N-ethyl adjacent to an activating group) is 1. The number of halogens is 4. The molecule has 0 saturated carbocycles. The monoisotopic (exact) mass is 446 g/mol. The van der Waals surface area contributed by atoms with E-state index in [-0.39, 0.29) is 18.1 Å². The molecule has 0 radical (unpaired) electrons. The molecule has 0 unspecified atom stereocenters. The zero-order valence-corrected chi connectivity index (χ0v) is 16.8. The number of nitrogens with one attached hydrogen (secondary N) is 1. The Hall–Kier alpha value is -3.33. The van der Waals surface area contributed by atoms with Crippen molar-refractivity contribution >= 4 is 34.9 Å². The Bertz CT molecular complexity index is 1250. The standard InChI is InChI=1S/C21H14ClF3N4O2/c1-28-15-4-2-3-14(22)17(15)20(19(28)31)9-16(30)27-18-13(20)10-26-29(18)12-7-5-11(6-8-12)21(23,24)25/h2-8,10H,9H2,1H3,(H,27,30)/t20-/m0/s1. The lowest BCUT2D eigenvalue weighted by molar-refractivity contribution is -0.137. The molecule has 1 aromatic heterocycles. The van der Waals surface area contributed by atoms with Crippen LogP contribution in [-0.4, -0.2) is 28.6 Å². The third-order valence-electron chi connectivity index (χ3n) is 5.80. The highest BCUT2D eigenvalue weighted by Gasteiger charge is 2.57. The Balaban J connectivity index is 1.71. The predicted octanol–water partition coefficient (Wildman–Crippen LogP) is 4.15. The van der Waals surface area contributed by atoms with Crippen molar-refractivity contribution in [1.29, 1.82) is 0 Å². The smallest absolute Gasteiger partial charge is 0.314 e.